The predicted octanol–water partition coefficient (Wildman–Crippen LogP) is 1.66. The van der Waals surface area contributed by atoms with Gasteiger partial charge < -0.3 is 9.84 Å². The normalized spacial score (nSPS) is 16.5. The van der Waals surface area contributed by atoms with Crippen LogP contribution in [0.25, 0.3) is 0 Å². The number of aliphatic hydroxyl groups excluding tert-OH is 1. The molecule has 2 rings (SSSR count). The number of nitrogens with one attached hydrogen (secondary N) is 1. The fourth-order valence-corrected chi connectivity index (χ4v) is 3.88. The van der Waals surface area contributed by atoms with Crippen LogP contribution >= 0.6 is 0 Å². The van der Waals surface area contributed by atoms with Crippen molar-refractivity contribution < 1.29 is 18.3 Å². The summed E-state index contributed by atoms with van der Waals surface area (Å²) in [6.07, 6.45) is 4.51. The summed E-state index contributed by atoms with van der Waals surface area (Å²) >= 11 is 0. The van der Waals surface area contributed by atoms with E-state index >= 15 is 0 Å². The highest BCUT2D eigenvalue weighted by Gasteiger charge is 2.22. The van der Waals surface area contributed by atoms with E-state index in [1.54, 1.807) is 12.1 Å². The SMILES string of the molecule is COc1ccc(CO)cc1S(=O)(=O)NCC1CCCC1. The zero-order valence-electron chi connectivity index (χ0n) is 11.6. The van der Waals surface area contributed by atoms with E-state index in [-0.39, 0.29) is 11.5 Å². The largest absolute Gasteiger partial charge is 0.495 e. The summed E-state index contributed by atoms with van der Waals surface area (Å²) < 4.78 is 32.5. The van der Waals surface area contributed by atoms with E-state index in [0.717, 1.165) is 12.8 Å². The maximum Gasteiger partial charge on any atom is 0.244 e. The first kappa shape index (κ1) is 15.3. The van der Waals surface area contributed by atoms with Gasteiger partial charge in [0.05, 0.1) is 13.7 Å². The highest BCUT2D eigenvalue weighted by Crippen LogP contribution is 2.27. The molecule has 1 aromatic rings. The van der Waals surface area contributed by atoms with Crippen molar-refractivity contribution >= 4 is 10.0 Å². The van der Waals surface area contributed by atoms with E-state index in [9.17, 15) is 8.42 Å². The van der Waals surface area contributed by atoms with Crippen LogP contribution in [0.4, 0.5) is 0 Å². The highest BCUT2D eigenvalue weighted by molar-refractivity contribution is 7.89. The smallest absolute Gasteiger partial charge is 0.244 e. The lowest BCUT2D eigenvalue weighted by Gasteiger charge is -2.14. The Balaban J connectivity index is 2.18. The van der Waals surface area contributed by atoms with Crippen molar-refractivity contribution in [2.24, 2.45) is 5.92 Å². The number of benzene rings is 1. The average Bonchev–Trinajstić information content (AvgIpc) is 2.98. The molecule has 1 fully saturated rings. The van der Waals surface area contributed by atoms with Crippen molar-refractivity contribution in [1.82, 2.24) is 4.72 Å². The standard InChI is InChI=1S/C14H21NO4S/c1-19-13-7-6-12(10-16)8-14(13)20(17,18)15-9-11-4-2-3-5-11/h6-8,11,15-16H,2-5,9-10H2,1H3. The fourth-order valence-electron chi connectivity index (χ4n) is 2.55. The molecular formula is C14H21NO4S. The fraction of sp³-hybridized carbons (Fsp3) is 0.571. The molecule has 1 saturated carbocycles. The quantitative estimate of drug-likeness (QED) is 0.837. The van der Waals surface area contributed by atoms with E-state index in [0.29, 0.717) is 23.8 Å². The zero-order valence-corrected chi connectivity index (χ0v) is 12.4. The number of sulfonamides is 1. The predicted molar refractivity (Wildman–Crippen MR) is 76.1 cm³/mol. The van der Waals surface area contributed by atoms with Crippen molar-refractivity contribution in [3.05, 3.63) is 23.8 Å². The van der Waals surface area contributed by atoms with E-state index < -0.39 is 10.0 Å². The van der Waals surface area contributed by atoms with Crippen molar-refractivity contribution in [2.45, 2.75) is 37.2 Å². The topological polar surface area (TPSA) is 75.6 Å². The number of ether oxygens (including phenoxy) is 1. The van der Waals surface area contributed by atoms with E-state index in [1.165, 1.54) is 26.0 Å². The second-order valence-corrected chi connectivity index (χ2v) is 6.88. The Morgan fingerprint density at radius 2 is 2.05 bits per heavy atom. The molecule has 0 heterocycles. The van der Waals surface area contributed by atoms with Crippen LogP contribution < -0.4 is 9.46 Å². The molecule has 0 amide bonds. The van der Waals surface area contributed by atoms with E-state index in [2.05, 4.69) is 4.72 Å². The molecule has 0 aromatic heterocycles. The molecular weight excluding hydrogens is 278 g/mol. The molecule has 0 spiro atoms. The average molecular weight is 299 g/mol. The van der Waals surface area contributed by atoms with Crippen LogP contribution in [0, 0.1) is 5.92 Å². The number of rotatable bonds is 6. The molecule has 0 unspecified atom stereocenters. The summed E-state index contributed by atoms with van der Waals surface area (Å²) in [5.74, 6) is 0.720. The third-order valence-electron chi connectivity index (χ3n) is 3.74. The summed E-state index contributed by atoms with van der Waals surface area (Å²) in [4.78, 5) is 0.0875. The molecule has 0 radical (unpaired) electrons. The third kappa shape index (κ3) is 3.50. The molecule has 6 heteroatoms. The summed E-state index contributed by atoms with van der Waals surface area (Å²) in [5.41, 5.74) is 0.548. The lowest BCUT2D eigenvalue weighted by molar-refractivity contribution is 0.281. The Hall–Kier alpha value is -1.11. The van der Waals surface area contributed by atoms with E-state index in [4.69, 9.17) is 9.84 Å². The van der Waals surface area contributed by atoms with Gasteiger partial charge in [0.25, 0.3) is 0 Å². The van der Waals surface area contributed by atoms with Gasteiger partial charge in [-0.1, -0.05) is 18.9 Å². The van der Waals surface area contributed by atoms with Crippen LogP contribution in [0.2, 0.25) is 0 Å². The van der Waals surface area contributed by atoms with Crippen LogP contribution in [0.1, 0.15) is 31.2 Å². The first-order valence-corrected chi connectivity index (χ1v) is 8.32. The van der Waals surface area contributed by atoms with Crippen LogP contribution in [0.3, 0.4) is 0 Å². The molecule has 2 N–H and O–H groups in total. The Bertz CT molecular complexity index is 550. The number of methoxy groups -OCH3 is 1. The molecule has 1 aliphatic carbocycles. The van der Waals surface area contributed by atoms with Gasteiger partial charge in [-0.25, -0.2) is 13.1 Å². The molecule has 0 bridgehead atoms. The van der Waals surface area contributed by atoms with Gasteiger partial charge in [0.1, 0.15) is 10.6 Å². The van der Waals surface area contributed by atoms with Crippen molar-refractivity contribution in [1.29, 1.82) is 0 Å². The van der Waals surface area contributed by atoms with Crippen molar-refractivity contribution in [2.75, 3.05) is 13.7 Å². The molecule has 0 atom stereocenters. The summed E-state index contributed by atoms with van der Waals surface area (Å²) in [7, 11) is -2.17. The number of aliphatic hydroxyl groups is 1. The second kappa shape index (κ2) is 6.56. The Kier molecular flexibility index (Phi) is 5.01. The number of hydrogen-bond donors (Lipinski definition) is 2. The molecule has 1 aromatic carbocycles. The first-order valence-electron chi connectivity index (χ1n) is 6.84. The van der Waals surface area contributed by atoms with Gasteiger partial charge in [-0.05, 0) is 36.5 Å². The van der Waals surface area contributed by atoms with Gasteiger partial charge in [0.15, 0.2) is 0 Å². The second-order valence-electron chi connectivity index (χ2n) is 5.15. The lowest BCUT2D eigenvalue weighted by atomic mass is 10.1. The van der Waals surface area contributed by atoms with Crippen molar-refractivity contribution in [3.63, 3.8) is 0 Å². The molecule has 1 aliphatic rings. The molecule has 5 nitrogen and oxygen atoms in total. The monoisotopic (exact) mass is 299 g/mol. The van der Waals surface area contributed by atoms with E-state index in [1.807, 2.05) is 0 Å². The van der Waals surface area contributed by atoms with Gasteiger partial charge in [-0.3, -0.25) is 0 Å². The molecule has 20 heavy (non-hydrogen) atoms. The highest BCUT2D eigenvalue weighted by atomic mass is 32.2. The van der Waals surface area contributed by atoms with Gasteiger partial charge in [-0.2, -0.15) is 0 Å². The molecule has 0 aliphatic heterocycles. The Morgan fingerprint density at radius 3 is 2.65 bits per heavy atom. The maximum atomic E-state index is 12.4. The minimum absolute atomic E-state index is 0.0875. The minimum Gasteiger partial charge on any atom is -0.495 e. The number of hydrogen-bond acceptors (Lipinski definition) is 4. The van der Waals surface area contributed by atoms with Crippen LogP contribution in [-0.2, 0) is 16.6 Å². The molecule has 0 saturated heterocycles. The third-order valence-corrected chi connectivity index (χ3v) is 5.18. The summed E-state index contributed by atoms with van der Waals surface area (Å²) in [6.45, 7) is 0.268. The minimum atomic E-state index is -3.61. The Morgan fingerprint density at radius 1 is 1.35 bits per heavy atom. The first-order chi connectivity index (χ1) is 9.56. The van der Waals surface area contributed by atoms with Crippen molar-refractivity contribution in [3.8, 4) is 5.75 Å². The van der Waals surface area contributed by atoms with Gasteiger partial charge >= 0.3 is 0 Å². The van der Waals surface area contributed by atoms with Gasteiger partial charge in [0, 0.05) is 6.54 Å². The Labute approximate surface area is 120 Å². The van der Waals surface area contributed by atoms with Crippen LogP contribution in [-0.4, -0.2) is 27.2 Å². The van der Waals surface area contributed by atoms with Gasteiger partial charge in [-0.15, -0.1) is 0 Å². The van der Waals surface area contributed by atoms with Crippen LogP contribution in [0.5, 0.6) is 5.75 Å². The lowest BCUT2D eigenvalue weighted by Crippen LogP contribution is -2.29. The summed E-state index contributed by atoms with van der Waals surface area (Å²) in [5, 5.41) is 9.14. The summed E-state index contributed by atoms with van der Waals surface area (Å²) in [6, 6.07) is 4.67. The van der Waals surface area contributed by atoms with Gasteiger partial charge in [0.2, 0.25) is 10.0 Å². The maximum absolute atomic E-state index is 12.4. The zero-order chi connectivity index (χ0) is 14.6. The molecule has 112 valence electrons. The van der Waals surface area contributed by atoms with Crippen LogP contribution in [0.15, 0.2) is 23.1 Å².